The fraction of sp³-hybridized carbons (Fsp3) is 0.143. The Hall–Kier alpha value is -1.09. The molecule has 0 aliphatic carbocycles. The smallest absolute Gasteiger partial charge is 0.146 e. The van der Waals surface area contributed by atoms with Gasteiger partial charge in [-0.1, -0.05) is 6.07 Å². The van der Waals surface area contributed by atoms with Crippen molar-refractivity contribution in [1.82, 2.24) is 0 Å². The number of benzene rings is 1. The number of nitrogen functional groups attached to an aromatic ring is 1. The second-order valence-electron chi connectivity index (χ2n) is 2.01. The van der Waals surface area contributed by atoms with Gasteiger partial charge in [0.2, 0.25) is 0 Å². The number of hydrogen-bond donors (Lipinski definition) is 2. The summed E-state index contributed by atoms with van der Waals surface area (Å²) in [5, 5.41) is 8.57. The van der Waals surface area contributed by atoms with Crippen LogP contribution in [0, 0.1) is 5.82 Å². The van der Waals surface area contributed by atoms with Gasteiger partial charge in [0.1, 0.15) is 5.82 Å². The van der Waals surface area contributed by atoms with Gasteiger partial charge in [0.15, 0.2) is 0 Å². The Bertz CT molecular complexity index is 237. The first-order chi connectivity index (χ1) is 4.74. The van der Waals surface area contributed by atoms with E-state index in [0.717, 1.165) is 0 Å². The summed E-state index contributed by atoms with van der Waals surface area (Å²) in [5.74, 6) is -0.447. The topological polar surface area (TPSA) is 46.2 Å². The van der Waals surface area contributed by atoms with Crippen LogP contribution >= 0.6 is 0 Å². The van der Waals surface area contributed by atoms with E-state index in [4.69, 9.17) is 10.8 Å². The lowest BCUT2D eigenvalue weighted by Crippen LogP contribution is -1.92. The number of halogens is 1. The Morgan fingerprint density at radius 1 is 1.50 bits per heavy atom. The van der Waals surface area contributed by atoms with Gasteiger partial charge in [-0.3, -0.25) is 0 Å². The van der Waals surface area contributed by atoms with Crippen LogP contribution in [0.5, 0.6) is 0 Å². The quantitative estimate of drug-likeness (QED) is 0.571. The monoisotopic (exact) mass is 141 g/mol. The normalized spacial score (nSPS) is 9.80. The van der Waals surface area contributed by atoms with Crippen LogP contribution in [-0.4, -0.2) is 5.11 Å². The van der Waals surface area contributed by atoms with Crippen LogP contribution < -0.4 is 5.73 Å². The summed E-state index contributed by atoms with van der Waals surface area (Å²) in [6, 6.07) is 4.14. The lowest BCUT2D eigenvalue weighted by atomic mass is 10.2. The Balaban J connectivity index is 3.04. The molecule has 0 unspecified atom stereocenters. The predicted molar refractivity (Wildman–Crippen MR) is 36.7 cm³/mol. The van der Waals surface area contributed by atoms with Gasteiger partial charge >= 0.3 is 0 Å². The van der Waals surface area contributed by atoms with Gasteiger partial charge in [-0.15, -0.1) is 0 Å². The van der Waals surface area contributed by atoms with E-state index in [1.807, 2.05) is 0 Å². The molecule has 0 aliphatic heterocycles. The number of rotatable bonds is 1. The van der Waals surface area contributed by atoms with Gasteiger partial charge in [-0.2, -0.15) is 0 Å². The SMILES string of the molecule is Nc1cc(CO)ccc1F. The highest BCUT2D eigenvalue weighted by Gasteiger charge is 1.96. The standard InChI is InChI=1S/C7H8FNO/c8-6-2-1-5(4-10)3-7(6)9/h1-3,10H,4,9H2. The molecule has 1 rings (SSSR count). The third-order valence-electron chi connectivity index (χ3n) is 1.24. The van der Waals surface area contributed by atoms with Crippen molar-refractivity contribution in [2.45, 2.75) is 6.61 Å². The van der Waals surface area contributed by atoms with E-state index in [1.54, 1.807) is 0 Å². The van der Waals surface area contributed by atoms with Crippen molar-refractivity contribution < 1.29 is 9.50 Å². The van der Waals surface area contributed by atoms with Crippen LogP contribution in [0.3, 0.4) is 0 Å². The highest BCUT2D eigenvalue weighted by Crippen LogP contribution is 2.11. The second-order valence-corrected chi connectivity index (χ2v) is 2.01. The minimum atomic E-state index is -0.447. The minimum absolute atomic E-state index is 0.0755. The summed E-state index contributed by atoms with van der Waals surface area (Å²) in [5.41, 5.74) is 5.91. The van der Waals surface area contributed by atoms with Crippen LogP contribution in [0.1, 0.15) is 5.56 Å². The molecular weight excluding hydrogens is 133 g/mol. The summed E-state index contributed by atoms with van der Waals surface area (Å²) >= 11 is 0. The van der Waals surface area contributed by atoms with Crippen LogP contribution in [0.2, 0.25) is 0 Å². The predicted octanol–water partition coefficient (Wildman–Crippen LogP) is 0.900. The van der Waals surface area contributed by atoms with Crippen molar-refractivity contribution >= 4 is 5.69 Å². The molecule has 0 radical (unpaired) electrons. The highest BCUT2D eigenvalue weighted by atomic mass is 19.1. The molecule has 0 heterocycles. The molecule has 0 atom stereocenters. The molecule has 0 amide bonds. The minimum Gasteiger partial charge on any atom is -0.396 e. The van der Waals surface area contributed by atoms with Crippen LogP contribution in [0.25, 0.3) is 0 Å². The lowest BCUT2D eigenvalue weighted by Gasteiger charge is -1.97. The number of aliphatic hydroxyl groups excluding tert-OH is 1. The first-order valence-electron chi connectivity index (χ1n) is 2.89. The van der Waals surface area contributed by atoms with Crippen LogP contribution in [0.4, 0.5) is 10.1 Å². The zero-order valence-corrected chi connectivity index (χ0v) is 5.34. The molecular formula is C7H8FNO. The fourth-order valence-electron chi connectivity index (χ4n) is 0.692. The van der Waals surface area contributed by atoms with Crippen molar-refractivity contribution in [3.8, 4) is 0 Å². The molecule has 54 valence electrons. The Morgan fingerprint density at radius 3 is 2.70 bits per heavy atom. The van der Waals surface area contributed by atoms with Gasteiger partial charge in [0.25, 0.3) is 0 Å². The van der Waals surface area contributed by atoms with Gasteiger partial charge in [-0.25, -0.2) is 4.39 Å². The average Bonchev–Trinajstić information content (AvgIpc) is 1.95. The van der Waals surface area contributed by atoms with E-state index in [1.165, 1.54) is 18.2 Å². The molecule has 0 saturated heterocycles. The average molecular weight is 141 g/mol. The summed E-state index contributed by atoms with van der Waals surface area (Å²) in [6.45, 7) is -0.107. The molecule has 3 heteroatoms. The van der Waals surface area contributed by atoms with E-state index >= 15 is 0 Å². The molecule has 0 saturated carbocycles. The zero-order valence-electron chi connectivity index (χ0n) is 5.34. The molecule has 3 N–H and O–H groups in total. The third-order valence-corrected chi connectivity index (χ3v) is 1.24. The second kappa shape index (κ2) is 2.66. The summed E-state index contributed by atoms with van der Waals surface area (Å²) in [4.78, 5) is 0. The van der Waals surface area contributed by atoms with Crippen molar-refractivity contribution in [2.75, 3.05) is 5.73 Å². The summed E-state index contributed by atoms with van der Waals surface area (Å²) in [7, 11) is 0. The van der Waals surface area contributed by atoms with Crippen molar-refractivity contribution in [3.05, 3.63) is 29.6 Å². The largest absolute Gasteiger partial charge is 0.396 e. The third kappa shape index (κ3) is 1.25. The van der Waals surface area contributed by atoms with Crippen LogP contribution in [0.15, 0.2) is 18.2 Å². The van der Waals surface area contributed by atoms with E-state index in [2.05, 4.69) is 0 Å². The molecule has 0 aliphatic rings. The fourth-order valence-corrected chi connectivity index (χ4v) is 0.692. The van der Waals surface area contributed by atoms with E-state index < -0.39 is 5.82 Å². The first kappa shape index (κ1) is 7.02. The maximum Gasteiger partial charge on any atom is 0.146 e. The molecule has 0 aromatic heterocycles. The van der Waals surface area contributed by atoms with E-state index in [9.17, 15) is 4.39 Å². The maximum atomic E-state index is 12.4. The van der Waals surface area contributed by atoms with Gasteiger partial charge < -0.3 is 10.8 Å². The molecule has 1 aromatic carbocycles. The number of anilines is 1. The Kier molecular flexibility index (Phi) is 1.87. The number of aliphatic hydroxyl groups is 1. The zero-order chi connectivity index (χ0) is 7.56. The highest BCUT2D eigenvalue weighted by molar-refractivity contribution is 5.42. The Labute approximate surface area is 58.1 Å². The van der Waals surface area contributed by atoms with Gasteiger partial charge in [-0.05, 0) is 17.7 Å². The summed E-state index contributed by atoms with van der Waals surface area (Å²) in [6.07, 6.45) is 0. The van der Waals surface area contributed by atoms with Gasteiger partial charge in [0, 0.05) is 0 Å². The van der Waals surface area contributed by atoms with E-state index in [0.29, 0.717) is 5.56 Å². The van der Waals surface area contributed by atoms with Crippen LogP contribution in [-0.2, 0) is 6.61 Å². The van der Waals surface area contributed by atoms with Crippen molar-refractivity contribution in [1.29, 1.82) is 0 Å². The molecule has 1 aromatic rings. The van der Waals surface area contributed by atoms with Crippen molar-refractivity contribution in [2.24, 2.45) is 0 Å². The van der Waals surface area contributed by atoms with E-state index in [-0.39, 0.29) is 12.3 Å². The van der Waals surface area contributed by atoms with Crippen molar-refractivity contribution in [3.63, 3.8) is 0 Å². The number of hydrogen-bond acceptors (Lipinski definition) is 2. The molecule has 10 heavy (non-hydrogen) atoms. The molecule has 0 spiro atoms. The first-order valence-corrected chi connectivity index (χ1v) is 2.89. The summed E-state index contributed by atoms with van der Waals surface area (Å²) < 4.78 is 12.4. The lowest BCUT2D eigenvalue weighted by molar-refractivity contribution is 0.282. The number of nitrogens with two attached hydrogens (primary N) is 1. The molecule has 0 bridgehead atoms. The molecule has 2 nitrogen and oxygen atoms in total. The molecule has 0 fully saturated rings. The maximum absolute atomic E-state index is 12.4. The van der Waals surface area contributed by atoms with Gasteiger partial charge in [0.05, 0.1) is 12.3 Å². The Morgan fingerprint density at radius 2 is 2.20 bits per heavy atom.